The summed E-state index contributed by atoms with van der Waals surface area (Å²) < 4.78 is 5.34. The number of halogens is 1. The van der Waals surface area contributed by atoms with E-state index in [2.05, 4.69) is 0 Å². The first-order chi connectivity index (χ1) is 17.4. The maximum atomic E-state index is 13.5. The van der Waals surface area contributed by atoms with E-state index in [1.54, 1.807) is 24.1 Å². The van der Waals surface area contributed by atoms with Crippen LogP contribution in [0.1, 0.15) is 41.9 Å². The Hall–Kier alpha value is -3.83. The van der Waals surface area contributed by atoms with Crippen molar-refractivity contribution in [3.05, 3.63) is 111 Å². The highest BCUT2D eigenvalue weighted by atomic mass is 35.5. The number of carbonyl (C=O) groups excluding carboxylic acids is 1. The van der Waals surface area contributed by atoms with E-state index in [9.17, 15) is 15.3 Å². The smallest absolute Gasteiger partial charge is 0.161 e. The molecular weight excluding hydrogens is 472 g/mol. The molecule has 0 amide bonds. The van der Waals surface area contributed by atoms with Gasteiger partial charge < -0.3 is 9.84 Å². The van der Waals surface area contributed by atoms with Crippen LogP contribution in [0, 0.1) is 12.3 Å². The molecule has 1 aliphatic carbocycles. The first-order valence-electron chi connectivity index (χ1n) is 11.9. The number of aliphatic hydroxyl groups is 1. The quantitative estimate of drug-likeness (QED) is 0.372. The molecule has 0 saturated heterocycles. The van der Waals surface area contributed by atoms with Gasteiger partial charge in [-0.3, -0.25) is 15.1 Å². The number of Topliss-reactive ketones (excluding diaryl/α,β-unsaturated/α-hetero) is 1. The lowest BCUT2D eigenvalue weighted by Crippen LogP contribution is -2.42. The number of allylic oxidation sites excluding steroid dienone is 2. The zero-order chi connectivity index (χ0) is 25.4. The standard InChI is InChI=1S/C30H27ClN2O3/c1-18-6-8-20(9-7-18)29(35)28-26(19-10-16-23(36-2)17-11-19)27-24(4-3-5-25(27)34)33(30(28)32)22-14-12-21(31)13-15-22/h6-17,26,32,35H,3-5H2,1-2H3. The predicted octanol–water partition coefficient (Wildman–Crippen LogP) is 7.21. The molecule has 5 nitrogen and oxygen atoms in total. The molecule has 0 aromatic heterocycles. The number of ketones is 1. The summed E-state index contributed by atoms with van der Waals surface area (Å²) >= 11 is 6.15. The SMILES string of the molecule is COc1ccc(C2C(=C(O)c3ccc(C)cc3)C(=N)N(c3ccc(Cl)cc3)C3=C2C(=O)CCC3)cc1. The summed E-state index contributed by atoms with van der Waals surface area (Å²) in [6, 6.07) is 22.3. The molecule has 3 aromatic carbocycles. The van der Waals surface area contributed by atoms with Crippen molar-refractivity contribution in [2.75, 3.05) is 12.0 Å². The fourth-order valence-corrected chi connectivity index (χ4v) is 5.19. The van der Waals surface area contributed by atoms with E-state index < -0.39 is 5.92 Å². The average molecular weight is 499 g/mol. The van der Waals surface area contributed by atoms with Crippen molar-refractivity contribution in [2.24, 2.45) is 0 Å². The van der Waals surface area contributed by atoms with E-state index in [1.807, 2.05) is 67.6 Å². The summed E-state index contributed by atoms with van der Waals surface area (Å²) in [6.07, 6.45) is 1.82. The van der Waals surface area contributed by atoms with Crippen molar-refractivity contribution in [2.45, 2.75) is 32.1 Å². The van der Waals surface area contributed by atoms with Gasteiger partial charge in [0, 0.05) is 45.5 Å². The molecule has 2 aliphatic rings. The topological polar surface area (TPSA) is 73.6 Å². The molecule has 3 aromatic rings. The maximum Gasteiger partial charge on any atom is 0.161 e. The van der Waals surface area contributed by atoms with Crippen molar-refractivity contribution in [3.8, 4) is 5.75 Å². The van der Waals surface area contributed by atoms with Gasteiger partial charge in [-0.2, -0.15) is 0 Å². The van der Waals surface area contributed by atoms with Gasteiger partial charge in [-0.15, -0.1) is 0 Å². The Morgan fingerprint density at radius 3 is 2.31 bits per heavy atom. The summed E-state index contributed by atoms with van der Waals surface area (Å²) in [4.78, 5) is 15.3. The summed E-state index contributed by atoms with van der Waals surface area (Å²) in [7, 11) is 1.61. The van der Waals surface area contributed by atoms with Crippen LogP contribution >= 0.6 is 11.6 Å². The monoisotopic (exact) mass is 498 g/mol. The van der Waals surface area contributed by atoms with E-state index in [-0.39, 0.29) is 17.4 Å². The zero-order valence-electron chi connectivity index (χ0n) is 20.2. The van der Waals surface area contributed by atoms with Gasteiger partial charge in [0.15, 0.2) is 5.78 Å². The number of nitrogens with one attached hydrogen (secondary N) is 1. The Balaban J connectivity index is 1.80. The number of anilines is 1. The molecule has 0 spiro atoms. The third-order valence-electron chi connectivity index (χ3n) is 6.87. The van der Waals surface area contributed by atoms with Crippen LogP contribution in [0.15, 0.2) is 89.6 Å². The van der Waals surface area contributed by atoms with Gasteiger partial charge in [0.25, 0.3) is 0 Å². The lowest BCUT2D eigenvalue weighted by Gasteiger charge is -2.41. The highest BCUT2D eigenvalue weighted by Crippen LogP contribution is 2.48. The molecule has 0 radical (unpaired) electrons. The Morgan fingerprint density at radius 1 is 1.00 bits per heavy atom. The number of hydrogen-bond donors (Lipinski definition) is 2. The Labute approximate surface area is 215 Å². The minimum Gasteiger partial charge on any atom is -0.507 e. The molecule has 0 bridgehead atoms. The molecule has 1 heterocycles. The largest absolute Gasteiger partial charge is 0.507 e. The van der Waals surface area contributed by atoms with Gasteiger partial charge in [-0.1, -0.05) is 53.6 Å². The lowest BCUT2D eigenvalue weighted by molar-refractivity contribution is -0.116. The summed E-state index contributed by atoms with van der Waals surface area (Å²) in [6.45, 7) is 1.98. The Kier molecular flexibility index (Phi) is 6.42. The summed E-state index contributed by atoms with van der Waals surface area (Å²) in [5, 5.41) is 21.6. The molecule has 1 unspecified atom stereocenters. The fourth-order valence-electron chi connectivity index (χ4n) is 5.06. The van der Waals surface area contributed by atoms with Gasteiger partial charge in [0.1, 0.15) is 17.3 Å². The average Bonchev–Trinajstić information content (AvgIpc) is 2.89. The van der Waals surface area contributed by atoms with Crippen LogP contribution < -0.4 is 9.64 Å². The minimum absolute atomic E-state index is 0.00953. The van der Waals surface area contributed by atoms with Gasteiger partial charge >= 0.3 is 0 Å². The molecular formula is C30H27ClN2O3. The molecule has 2 N–H and O–H groups in total. The molecule has 0 saturated carbocycles. The Morgan fingerprint density at radius 2 is 1.67 bits per heavy atom. The second-order valence-electron chi connectivity index (χ2n) is 9.13. The Bertz CT molecular complexity index is 1390. The number of carbonyl (C=O) groups is 1. The highest BCUT2D eigenvalue weighted by molar-refractivity contribution is 6.30. The van der Waals surface area contributed by atoms with E-state index in [0.29, 0.717) is 46.7 Å². The second kappa shape index (κ2) is 9.67. The molecule has 182 valence electrons. The van der Waals surface area contributed by atoms with Crippen molar-refractivity contribution < 1.29 is 14.6 Å². The second-order valence-corrected chi connectivity index (χ2v) is 9.57. The summed E-state index contributed by atoms with van der Waals surface area (Å²) in [5.74, 6) is 0.299. The first-order valence-corrected chi connectivity index (χ1v) is 12.3. The van der Waals surface area contributed by atoms with Crippen LogP contribution in [0.2, 0.25) is 5.02 Å². The van der Waals surface area contributed by atoms with Gasteiger partial charge in [0.2, 0.25) is 0 Å². The highest BCUT2D eigenvalue weighted by Gasteiger charge is 2.43. The zero-order valence-corrected chi connectivity index (χ0v) is 21.0. The van der Waals surface area contributed by atoms with Crippen LogP contribution in [0.4, 0.5) is 5.69 Å². The van der Waals surface area contributed by atoms with E-state index >= 15 is 0 Å². The molecule has 6 heteroatoms. The number of aliphatic hydroxyl groups excluding tert-OH is 1. The summed E-state index contributed by atoms with van der Waals surface area (Å²) in [5.41, 5.74) is 5.06. The van der Waals surface area contributed by atoms with Crippen LogP contribution in [-0.4, -0.2) is 23.8 Å². The predicted molar refractivity (Wildman–Crippen MR) is 144 cm³/mol. The molecule has 5 rings (SSSR count). The van der Waals surface area contributed by atoms with Crippen molar-refractivity contribution in [1.29, 1.82) is 5.41 Å². The maximum absolute atomic E-state index is 13.5. The van der Waals surface area contributed by atoms with Crippen molar-refractivity contribution in [3.63, 3.8) is 0 Å². The number of rotatable bonds is 4. The number of aryl methyl sites for hydroxylation is 1. The van der Waals surface area contributed by atoms with Gasteiger partial charge in [-0.25, -0.2) is 0 Å². The molecule has 1 atom stereocenters. The number of ether oxygens (including phenoxy) is 1. The van der Waals surface area contributed by atoms with Crippen LogP contribution in [-0.2, 0) is 4.79 Å². The number of amidine groups is 1. The van der Waals surface area contributed by atoms with E-state index in [4.69, 9.17) is 16.3 Å². The lowest BCUT2D eigenvalue weighted by atomic mass is 9.73. The van der Waals surface area contributed by atoms with Crippen molar-refractivity contribution in [1.82, 2.24) is 0 Å². The van der Waals surface area contributed by atoms with Crippen LogP contribution in [0.5, 0.6) is 5.75 Å². The fraction of sp³-hybridized carbons (Fsp3) is 0.200. The van der Waals surface area contributed by atoms with Gasteiger partial charge in [0.05, 0.1) is 7.11 Å². The number of benzene rings is 3. The van der Waals surface area contributed by atoms with E-state index in [0.717, 1.165) is 22.5 Å². The molecule has 36 heavy (non-hydrogen) atoms. The van der Waals surface area contributed by atoms with E-state index in [1.165, 1.54) is 0 Å². The first kappa shape index (κ1) is 23.9. The van der Waals surface area contributed by atoms with Crippen LogP contribution in [0.3, 0.4) is 0 Å². The van der Waals surface area contributed by atoms with Gasteiger partial charge in [-0.05, 0) is 61.7 Å². The third-order valence-corrected chi connectivity index (χ3v) is 7.12. The normalized spacial score (nSPS) is 19.3. The molecule has 1 aliphatic heterocycles. The number of hydrogen-bond acceptors (Lipinski definition) is 4. The van der Waals surface area contributed by atoms with Crippen LogP contribution in [0.25, 0.3) is 5.76 Å². The number of methoxy groups -OCH3 is 1. The number of nitrogens with zero attached hydrogens (tertiary/aromatic N) is 1. The third kappa shape index (κ3) is 4.20. The molecule has 0 fully saturated rings. The minimum atomic E-state index is -0.573. The van der Waals surface area contributed by atoms with Crippen molar-refractivity contribution >= 4 is 34.7 Å².